The van der Waals surface area contributed by atoms with Crippen molar-refractivity contribution in [1.29, 1.82) is 0 Å². The lowest BCUT2D eigenvalue weighted by atomic mass is 9.98. The molecule has 1 aromatic heterocycles. The van der Waals surface area contributed by atoms with Crippen molar-refractivity contribution < 1.29 is 0 Å². The second-order valence-electron chi connectivity index (χ2n) is 5.44. The van der Waals surface area contributed by atoms with E-state index in [1.807, 2.05) is 26.5 Å². The van der Waals surface area contributed by atoms with E-state index >= 15 is 0 Å². The summed E-state index contributed by atoms with van der Waals surface area (Å²) in [6.07, 6.45) is 5.88. The van der Waals surface area contributed by atoms with Gasteiger partial charge in [-0.2, -0.15) is 0 Å². The highest BCUT2D eigenvalue weighted by Gasteiger charge is 2.11. The van der Waals surface area contributed by atoms with Crippen molar-refractivity contribution in [2.24, 2.45) is 7.05 Å². The quantitative estimate of drug-likeness (QED) is 0.775. The second-order valence-corrected chi connectivity index (χ2v) is 5.44. The van der Waals surface area contributed by atoms with Crippen molar-refractivity contribution >= 4 is 10.8 Å². The van der Waals surface area contributed by atoms with E-state index in [1.54, 1.807) is 0 Å². The fourth-order valence-corrected chi connectivity index (χ4v) is 2.81. The third-order valence-corrected chi connectivity index (χ3v) is 4.10. The minimum absolute atomic E-state index is 0.353. The van der Waals surface area contributed by atoms with Crippen LogP contribution in [0.2, 0.25) is 0 Å². The van der Waals surface area contributed by atoms with Gasteiger partial charge in [0, 0.05) is 31.9 Å². The number of fused-ring (bicyclic) bond motifs is 1. The summed E-state index contributed by atoms with van der Waals surface area (Å²) < 4.78 is 2.09. The van der Waals surface area contributed by atoms with Crippen LogP contribution in [0.1, 0.15) is 23.9 Å². The Labute approximate surface area is 125 Å². The fraction of sp³-hybridized carbons (Fsp3) is 0.278. The average Bonchev–Trinajstić information content (AvgIpc) is 2.93. The molecule has 1 unspecified atom stereocenters. The van der Waals surface area contributed by atoms with E-state index in [4.69, 9.17) is 0 Å². The molecule has 21 heavy (non-hydrogen) atoms. The summed E-state index contributed by atoms with van der Waals surface area (Å²) >= 11 is 0. The van der Waals surface area contributed by atoms with Crippen LogP contribution in [-0.2, 0) is 13.5 Å². The van der Waals surface area contributed by atoms with Gasteiger partial charge in [-0.3, -0.25) is 0 Å². The molecular weight excluding hydrogens is 258 g/mol. The van der Waals surface area contributed by atoms with Crippen molar-refractivity contribution in [3.8, 4) is 0 Å². The molecule has 0 aliphatic rings. The topological polar surface area (TPSA) is 29.9 Å². The minimum atomic E-state index is 0.353. The summed E-state index contributed by atoms with van der Waals surface area (Å²) in [5.41, 5.74) is 1.34. The molecule has 2 aromatic carbocycles. The predicted molar refractivity (Wildman–Crippen MR) is 87.3 cm³/mol. The van der Waals surface area contributed by atoms with Crippen LogP contribution < -0.4 is 5.32 Å². The lowest BCUT2D eigenvalue weighted by Gasteiger charge is -2.17. The molecule has 0 spiro atoms. The number of hydrogen-bond acceptors (Lipinski definition) is 2. The Hall–Kier alpha value is -2.13. The predicted octanol–water partition coefficient (Wildman–Crippen LogP) is 3.47. The third kappa shape index (κ3) is 2.98. The van der Waals surface area contributed by atoms with Gasteiger partial charge in [0.15, 0.2) is 0 Å². The number of rotatable bonds is 5. The Morgan fingerprint density at radius 1 is 1.14 bits per heavy atom. The minimum Gasteiger partial charge on any atom is -0.338 e. The van der Waals surface area contributed by atoms with Gasteiger partial charge in [-0.15, -0.1) is 0 Å². The SMILES string of the molecule is CNC(CCc1nccn1C)c1ccc2ccccc2c1. The Morgan fingerprint density at radius 3 is 2.67 bits per heavy atom. The highest BCUT2D eigenvalue weighted by atomic mass is 15.0. The van der Waals surface area contributed by atoms with E-state index < -0.39 is 0 Å². The van der Waals surface area contributed by atoms with Crippen molar-refractivity contribution in [1.82, 2.24) is 14.9 Å². The first-order valence-corrected chi connectivity index (χ1v) is 7.40. The lowest BCUT2D eigenvalue weighted by Crippen LogP contribution is -2.17. The maximum atomic E-state index is 4.40. The molecule has 0 fully saturated rings. The van der Waals surface area contributed by atoms with E-state index in [9.17, 15) is 0 Å². The van der Waals surface area contributed by atoms with E-state index in [2.05, 4.69) is 57.3 Å². The summed E-state index contributed by atoms with van der Waals surface area (Å²) in [6, 6.07) is 15.6. The smallest absolute Gasteiger partial charge is 0.108 e. The van der Waals surface area contributed by atoms with E-state index in [-0.39, 0.29) is 0 Å². The number of imidazole rings is 1. The van der Waals surface area contributed by atoms with E-state index in [0.717, 1.165) is 18.7 Å². The van der Waals surface area contributed by atoms with Gasteiger partial charge >= 0.3 is 0 Å². The van der Waals surface area contributed by atoms with Gasteiger partial charge < -0.3 is 9.88 Å². The number of aromatic nitrogens is 2. The van der Waals surface area contributed by atoms with E-state index in [0.29, 0.717) is 6.04 Å². The first-order chi connectivity index (χ1) is 10.3. The van der Waals surface area contributed by atoms with Gasteiger partial charge in [-0.1, -0.05) is 36.4 Å². The summed E-state index contributed by atoms with van der Waals surface area (Å²) in [5.74, 6) is 1.14. The molecule has 3 heteroatoms. The number of nitrogens with one attached hydrogen (secondary N) is 1. The average molecular weight is 279 g/mol. The first kappa shape index (κ1) is 13.8. The lowest BCUT2D eigenvalue weighted by molar-refractivity contribution is 0.536. The van der Waals surface area contributed by atoms with Crippen molar-refractivity contribution in [2.45, 2.75) is 18.9 Å². The van der Waals surface area contributed by atoms with Crippen molar-refractivity contribution in [2.75, 3.05) is 7.05 Å². The maximum Gasteiger partial charge on any atom is 0.108 e. The number of benzene rings is 2. The highest BCUT2D eigenvalue weighted by molar-refractivity contribution is 5.83. The van der Waals surface area contributed by atoms with Crippen LogP contribution in [0.15, 0.2) is 54.9 Å². The van der Waals surface area contributed by atoms with Crippen LogP contribution in [0.5, 0.6) is 0 Å². The molecule has 0 radical (unpaired) electrons. The zero-order valence-corrected chi connectivity index (χ0v) is 12.6. The van der Waals surface area contributed by atoms with Gasteiger partial charge in [0.05, 0.1) is 0 Å². The largest absolute Gasteiger partial charge is 0.338 e. The molecule has 3 aromatic rings. The number of hydrogen-bond donors (Lipinski definition) is 1. The molecule has 0 bridgehead atoms. The van der Waals surface area contributed by atoms with Gasteiger partial charge in [0.25, 0.3) is 0 Å². The number of aryl methyl sites for hydroxylation is 2. The second kappa shape index (κ2) is 6.10. The van der Waals surface area contributed by atoms with Crippen LogP contribution in [0, 0.1) is 0 Å². The standard InChI is InChI=1S/C18H21N3/c1-19-17(9-10-18-20-11-12-21(18)2)16-8-7-14-5-3-4-6-15(14)13-16/h3-8,11-13,17,19H,9-10H2,1-2H3. The normalized spacial score (nSPS) is 12.7. The Balaban J connectivity index is 1.79. The molecule has 0 amide bonds. The fourth-order valence-electron chi connectivity index (χ4n) is 2.81. The molecule has 108 valence electrons. The van der Waals surface area contributed by atoms with Gasteiger partial charge in [-0.25, -0.2) is 4.98 Å². The van der Waals surface area contributed by atoms with Crippen molar-refractivity contribution in [3.05, 3.63) is 66.2 Å². The van der Waals surface area contributed by atoms with Crippen LogP contribution in [0.25, 0.3) is 10.8 Å². The van der Waals surface area contributed by atoms with Crippen LogP contribution in [0.4, 0.5) is 0 Å². The zero-order chi connectivity index (χ0) is 14.7. The molecule has 0 saturated carbocycles. The molecule has 0 saturated heterocycles. The van der Waals surface area contributed by atoms with Crippen LogP contribution >= 0.6 is 0 Å². The molecule has 0 aliphatic heterocycles. The summed E-state index contributed by atoms with van der Waals surface area (Å²) in [5, 5.41) is 6.02. The Kier molecular flexibility index (Phi) is 4.02. The van der Waals surface area contributed by atoms with E-state index in [1.165, 1.54) is 16.3 Å². The Morgan fingerprint density at radius 2 is 1.95 bits per heavy atom. The molecule has 1 heterocycles. The van der Waals surface area contributed by atoms with Crippen LogP contribution in [0.3, 0.4) is 0 Å². The van der Waals surface area contributed by atoms with Crippen LogP contribution in [-0.4, -0.2) is 16.6 Å². The molecule has 1 N–H and O–H groups in total. The monoisotopic (exact) mass is 279 g/mol. The van der Waals surface area contributed by atoms with Gasteiger partial charge in [0.1, 0.15) is 5.82 Å². The summed E-state index contributed by atoms with van der Waals surface area (Å²) in [6.45, 7) is 0. The summed E-state index contributed by atoms with van der Waals surface area (Å²) in [7, 11) is 4.07. The highest BCUT2D eigenvalue weighted by Crippen LogP contribution is 2.23. The molecule has 0 aliphatic carbocycles. The third-order valence-electron chi connectivity index (χ3n) is 4.10. The maximum absolute atomic E-state index is 4.40. The zero-order valence-electron chi connectivity index (χ0n) is 12.6. The first-order valence-electron chi connectivity index (χ1n) is 7.40. The van der Waals surface area contributed by atoms with Crippen molar-refractivity contribution in [3.63, 3.8) is 0 Å². The molecule has 3 nitrogen and oxygen atoms in total. The molecular formula is C18H21N3. The molecule has 1 atom stereocenters. The van der Waals surface area contributed by atoms with Gasteiger partial charge in [0.2, 0.25) is 0 Å². The summed E-state index contributed by atoms with van der Waals surface area (Å²) in [4.78, 5) is 4.40. The molecule has 3 rings (SSSR count). The van der Waals surface area contributed by atoms with Gasteiger partial charge in [-0.05, 0) is 35.9 Å². The Bertz CT molecular complexity index is 730. The number of nitrogens with zero attached hydrogens (tertiary/aromatic N) is 2.